The van der Waals surface area contributed by atoms with Crippen LogP contribution in [0.2, 0.25) is 0 Å². The molecule has 66 valence electrons. The topological polar surface area (TPSA) is 24.1 Å². The minimum absolute atomic E-state index is 0.938. The van der Waals surface area contributed by atoms with Crippen LogP contribution in [0.4, 0.5) is 5.69 Å². The molecule has 1 rings (SSSR count). The van der Waals surface area contributed by atoms with E-state index < -0.39 is 0 Å². The fourth-order valence-electron chi connectivity index (χ4n) is 0.698. The van der Waals surface area contributed by atoms with Crippen molar-refractivity contribution in [1.29, 1.82) is 0 Å². The van der Waals surface area contributed by atoms with Crippen molar-refractivity contribution in [2.75, 3.05) is 5.43 Å². The number of hydrogen-bond donors (Lipinski definition) is 2. The van der Waals surface area contributed by atoms with Crippen molar-refractivity contribution in [2.45, 2.75) is 0 Å². The first kappa shape index (κ1) is 11.0. The van der Waals surface area contributed by atoms with Gasteiger partial charge >= 0.3 is 0 Å². The Kier molecular flexibility index (Phi) is 4.53. The van der Waals surface area contributed by atoms with E-state index in [4.69, 9.17) is 0 Å². The minimum Gasteiger partial charge on any atom is -0.310 e. The third-order valence-corrected chi connectivity index (χ3v) is 3.84. The lowest BCUT2D eigenvalue weighted by atomic mass is 10.3. The molecule has 0 aliphatic carbocycles. The molecule has 0 saturated carbocycles. The summed E-state index contributed by atoms with van der Waals surface area (Å²) in [6.07, 6.45) is 0. The van der Waals surface area contributed by atoms with Crippen molar-refractivity contribution in [1.82, 2.24) is 4.45 Å². The number of nitrogens with one attached hydrogen (secondary N) is 2. The highest BCUT2D eigenvalue weighted by molar-refractivity contribution is 9.13. The summed E-state index contributed by atoms with van der Waals surface area (Å²) in [5.74, 6) is 0. The van der Waals surface area contributed by atoms with Crippen LogP contribution in [0.15, 0.2) is 25.6 Å². The van der Waals surface area contributed by atoms with Gasteiger partial charge in [0.05, 0.1) is 10.2 Å². The largest absolute Gasteiger partial charge is 0.310 e. The Morgan fingerprint density at radius 2 is 1.75 bits per heavy atom. The standard InChI is InChI=1S/C6H4Br4N2/c7-3-1-4(8)6(9)5(2-3)11-12-10/h1-2,11-12H. The van der Waals surface area contributed by atoms with E-state index in [-0.39, 0.29) is 0 Å². The van der Waals surface area contributed by atoms with Crippen LogP contribution in [0.25, 0.3) is 0 Å². The van der Waals surface area contributed by atoms with Crippen LogP contribution in [0, 0.1) is 0 Å². The Morgan fingerprint density at radius 3 is 2.33 bits per heavy atom. The lowest BCUT2D eigenvalue weighted by Gasteiger charge is -2.07. The molecule has 0 unspecified atom stereocenters. The summed E-state index contributed by atoms with van der Waals surface area (Å²) in [7, 11) is 0. The highest BCUT2D eigenvalue weighted by Crippen LogP contribution is 2.33. The second kappa shape index (κ2) is 4.95. The summed E-state index contributed by atoms with van der Waals surface area (Å²) in [5.41, 5.74) is 3.86. The molecular weight excluding hydrogens is 420 g/mol. The second-order valence-electron chi connectivity index (χ2n) is 1.97. The minimum atomic E-state index is 0.938. The van der Waals surface area contributed by atoms with E-state index in [2.05, 4.69) is 73.8 Å². The molecule has 0 bridgehead atoms. The fourth-order valence-corrected chi connectivity index (χ4v) is 2.46. The maximum absolute atomic E-state index is 3.42. The number of halogens is 4. The van der Waals surface area contributed by atoms with Gasteiger partial charge in [-0.05, 0) is 44.0 Å². The van der Waals surface area contributed by atoms with Crippen molar-refractivity contribution in [3.63, 3.8) is 0 Å². The predicted molar refractivity (Wildman–Crippen MR) is 65.2 cm³/mol. The molecule has 0 aliphatic heterocycles. The molecule has 6 heteroatoms. The highest BCUT2D eigenvalue weighted by Gasteiger charge is 2.04. The van der Waals surface area contributed by atoms with E-state index in [0.717, 1.165) is 19.1 Å². The van der Waals surface area contributed by atoms with Gasteiger partial charge in [0.15, 0.2) is 0 Å². The van der Waals surface area contributed by atoms with Crippen molar-refractivity contribution >= 4 is 69.6 Å². The molecule has 0 aliphatic rings. The lowest BCUT2D eigenvalue weighted by Crippen LogP contribution is -2.08. The smallest absolute Gasteiger partial charge is 0.0661 e. The molecule has 2 nitrogen and oxygen atoms in total. The van der Waals surface area contributed by atoms with Gasteiger partial charge in [0.1, 0.15) is 0 Å². The van der Waals surface area contributed by atoms with Crippen molar-refractivity contribution in [3.8, 4) is 0 Å². The first-order valence-electron chi connectivity index (χ1n) is 2.91. The van der Waals surface area contributed by atoms with Crippen LogP contribution in [0.5, 0.6) is 0 Å². The molecule has 0 atom stereocenters. The quantitative estimate of drug-likeness (QED) is 0.423. The van der Waals surface area contributed by atoms with Gasteiger partial charge in [0.2, 0.25) is 0 Å². The van der Waals surface area contributed by atoms with Crippen LogP contribution in [0.3, 0.4) is 0 Å². The van der Waals surface area contributed by atoms with Crippen LogP contribution >= 0.6 is 63.9 Å². The van der Waals surface area contributed by atoms with E-state index in [1.807, 2.05) is 12.1 Å². The van der Waals surface area contributed by atoms with E-state index in [9.17, 15) is 0 Å². The van der Waals surface area contributed by atoms with Crippen molar-refractivity contribution in [2.24, 2.45) is 0 Å². The zero-order valence-corrected chi connectivity index (χ0v) is 12.0. The van der Waals surface area contributed by atoms with Crippen LogP contribution in [-0.4, -0.2) is 0 Å². The molecule has 0 fully saturated rings. The normalized spacial score (nSPS) is 10.0. The summed E-state index contributed by atoms with van der Waals surface area (Å²) < 4.78 is 5.63. The third-order valence-electron chi connectivity index (χ3n) is 1.17. The molecule has 0 radical (unpaired) electrons. The SMILES string of the molecule is BrNNc1cc(Br)cc(Br)c1Br. The van der Waals surface area contributed by atoms with E-state index in [1.165, 1.54) is 0 Å². The molecule has 2 N–H and O–H groups in total. The maximum Gasteiger partial charge on any atom is 0.0661 e. The lowest BCUT2D eigenvalue weighted by molar-refractivity contribution is 1.23. The average molecular weight is 424 g/mol. The number of anilines is 1. The number of hydrogen-bond acceptors (Lipinski definition) is 2. The Hall–Kier alpha value is 0.900. The van der Waals surface area contributed by atoms with Crippen molar-refractivity contribution < 1.29 is 0 Å². The second-order valence-corrected chi connectivity index (χ2v) is 4.93. The monoisotopic (exact) mass is 420 g/mol. The molecule has 1 aromatic rings. The van der Waals surface area contributed by atoms with Gasteiger partial charge in [-0.1, -0.05) is 15.9 Å². The van der Waals surface area contributed by atoms with Gasteiger partial charge in [-0.25, -0.2) is 0 Å². The molecule has 0 aromatic heterocycles. The predicted octanol–water partition coefficient (Wildman–Crippen LogP) is 4.20. The Balaban J connectivity index is 3.09. The fraction of sp³-hybridized carbons (Fsp3) is 0. The summed E-state index contributed by atoms with van der Waals surface area (Å²) in [6.45, 7) is 0. The summed E-state index contributed by atoms with van der Waals surface area (Å²) >= 11 is 13.3. The molecule has 0 spiro atoms. The van der Waals surface area contributed by atoms with Crippen LogP contribution < -0.4 is 9.88 Å². The average Bonchev–Trinajstić information content (AvgIpc) is 2.00. The van der Waals surface area contributed by atoms with Crippen LogP contribution in [0.1, 0.15) is 0 Å². The molecule has 0 heterocycles. The number of hydrazine groups is 1. The Labute approximate surface area is 104 Å². The molecule has 12 heavy (non-hydrogen) atoms. The first-order valence-corrected chi connectivity index (χ1v) is 6.08. The highest BCUT2D eigenvalue weighted by atomic mass is 79.9. The maximum atomic E-state index is 3.42. The molecule has 1 aromatic carbocycles. The molecule has 0 amide bonds. The Bertz CT molecular complexity index is 289. The van der Waals surface area contributed by atoms with E-state index >= 15 is 0 Å². The van der Waals surface area contributed by atoms with Gasteiger partial charge in [-0.2, -0.15) is 4.45 Å². The summed E-state index contributed by atoms with van der Waals surface area (Å²) in [4.78, 5) is 0. The molecular formula is C6H4Br4N2. The van der Waals surface area contributed by atoms with Gasteiger partial charge in [-0.3, -0.25) is 0 Å². The van der Waals surface area contributed by atoms with Crippen LogP contribution in [-0.2, 0) is 0 Å². The molecule has 0 saturated heterocycles. The van der Waals surface area contributed by atoms with E-state index in [0.29, 0.717) is 0 Å². The Morgan fingerprint density at radius 1 is 1.08 bits per heavy atom. The number of rotatable bonds is 2. The third kappa shape index (κ3) is 2.70. The zero-order chi connectivity index (χ0) is 9.14. The van der Waals surface area contributed by atoms with Gasteiger partial charge in [0.25, 0.3) is 0 Å². The van der Waals surface area contributed by atoms with Gasteiger partial charge < -0.3 is 5.43 Å². The number of benzene rings is 1. The van der Waals surface area contributed by atoms with Crippen molar-refractivity contribution in [3.05, 3.63) is 25.6 Å². The van der Waals surface area contributed by atoms with Gasteiger partial charge in [0, 0.05) is 25.1 Å². The van der Waals surface area contributed by atoms with E-state index in [1.54, 1.807) is 0 Å². The van der Waals surface area contributed by atoms with Gasteiger partial charge in [-0.15, -0.1) is 0 Å². The zero-order valence-electron chi connectivity index (χ0n) is 5.67. The first-order chi connectivity index (χ1) is 5.65. The summed E-state index contributed by atoms with van der Waals surface area (Å²) in [5, 5.41) is 0. The summed E-state index contributed by atoms with van der Waals surface area (Å²) in [6, 6.07) is 3.91.